The lowest BCUT2D eigenvalue weighted by Crippen LogP contribution is -2.32. The van der Waals surface area contributed by atoms with Gasteiger partial charge in [0.05, 0.1) is 19.2 Å². The second kappa shape index (κ2) is 9.73. The Hall–Kier alpha value is -2.62. The summed E-state index contributed by atoms with van der Waals surface area (Å²) in [5, 5.41) is 22.4. The van der Waals surface area contributed by atoms with Crippen LogP contribution < -0.4 is 5.56 Å². The first-order valence-corrected chi connectivity index (χ1v) is 9.76. The molecule has 0 amide bonds. The van der Waals surface area contributed by atoms with Crippen LogP contribution in [0.4, 0.5) is 0 Å². The lowest BCUT2D eigenvalue weighted by atomic mass is 10.1. The summed E-state index contributed by atoms with van der Waals surface area (Å²) in [7, 11) is 1.63. The quantitative estimate of drug-likeness (QED) is 0.530. The highest BCUT2D eigenvalue weighted by Crippen LogP contribution is 2.21. The average Bonchev–Trinajstić information content (AvgIpc) is 3.18. The van der Waals surface area contributed by atoms with E-state index in [1.807, 2.05) is 32.0 Å². The van der Waals surface area contributed by atoms with Crippen LogP contribution in [0.25, 0.3) is 10.9 Å². The van der Waals surface area contributed by atoms with E-state index in [9.17, 15) is 9.90 Å². The van der Waals surface area contributed by atoms with E-state index in [1.54, 1.807) is 11.8 Å². The number of rotatable bonds is 10. The molecule has 2 N–H and O–H groups in total. The van der Waals surface area contributed by atoms with Gasteiger partial charge in [-0.1, -0.05) is 11.6 Å². The number of methoxy groups -OCH3 is 1. The highest BCUT2D eigenvalue weighted by Gasteiger charge is 2.23. The fourth-order valence-electron chi connectivity index (χ4n) is 3.40. The van der Waals surface area contributed by atoms with Gasteiger partial charge in [0.15, 0.2) is 5.82 Å². The smallest absolute Gasteiger partial charge is 0.252 e. The zero-order valence-corrected chi connectivity index (χ0v) is 17.1. The standard InChI is InChI=1S/C20H28N6O3/c1-14-5-6-18-16(11-14)12-17(20(28)21-18)13-25(7-4-9-27)15(2)19-22-23-24-26(19)8-10-29-3/h5-6,11-12,15,27H,4,7-10,13H2,1-3H3,(H,21,28)/t15-/m0/s1. The molecule has 0 aliphatic rings. The van der Waals surface area contributed by atoms with Gasteiger partial charge in [-0.05, 0) is 54.3 Å². The van der Waals surface area contributed by atoms with Crippen molar-refractivity contribution in [3.8, 4) is 0 Å². The molecule has 2 aromatic heterocycles. The van der Waals surface area contributed by atoms with Crippen LogP contribution in [-0.4, -0.2) is 62.1 Å². The summed E-state index contributed by atoms with van der Waals surface area (Å²) in [6.45, 7) is 6.20. The Kier molecular flexibility index (Phi) is 7.08. The van der Waals surface area contributed by atoms with Crippen molar-refractivity contribution < 1.29 is 9.84 Å². The second-order valence-electron chi connectivity index (χ2n) is 7.19. The van der Waals surface area contributed by atoms with E-state index in [0.29, 0.717) is 44.0 Å². The van der Waals surface area contributed by atoms with Crippen LogP contribution in [0.1, 0.15) is 36.3 Å². The van der Waals surface area contributed by atoms with E-state index in [2.05, 4.69) is 31.5 Å². The van der Waals surface area contributed by atoms with Crippen LogP contribution in [-0.2, 0) is 17.8 Å². The molecule has 3 aromatic rings. The molecule has 0 radical (unpaired) electrons. The van der Waals surface area contributed by atoms with E-state index in [0.717, 1.165) is 16.5 Å². The van der Waals surface area contributed by atoms with Gasteiger partial charge in [0.1, 0.15) is 0 Å². The summed E-state index contributed by atoms with van der Waals surface area (Å²) < 4.78 is 6.85. The fraction of sp³-hybridized carbons (Fsp3) is 0.500. The Labute approximate surface area is 169 Å². The number of aromatic nitrogens is 5. The van der Waals surface area contributed by atoms with E-state index < -0.39 is 0 Å². The molecule has 1 aromatic carbocycles. The molecule has 0 saturated heterocycles. The molecule has 0 saturated carbocycles. The van der Waals surface area contributed by atoms with Crippen LogP contribution in [0.2, 0.25) is 0 Å². The molecule has 0 spiro atoms. The molecule has 9 nitrogen and oxygen atoms in total. The Balaban J connectivity index is 1.89. The van der Waals surface area contributed by atoms with Gasteiger partial charge in [0.2, 0.25) is 0 Å². The van der Waals surface area contributed by atoms with Gasteiger partial charge in [-0.15, -0.1) is 5.10 Å². The summed E-state index contributed by atoms with van der Waals surface area (Å²) in [4.78, 5) is 17.7. The number of pyridine rings is 1. The van der Waals surface area contributed by atoms with Crippen LogP contribution in [0.5, 0.6) is 0 Å². The van der Waals surface area contributed by atoms with Gasteiger partial charge < -0.3 is 14.8 Å². The van der Waals surface area contributed by atoms with Crippen molar-refractivity contribution in [2.24, 2.45) is 0 Å². The predicted octanol–water partition coefficient (Wildman–Crippen LogP) is 1.42. The maximum absolute atomic E-state index is 12.7. The average molecular weight is 400 g/mol. The molecule has 0 bridgehead atoms. The molecule has 0 unspecified atom stereocenters. The molecule has 0 aliphatic heterocycles. The van der Waals surface area contributed by atoms with Crippen molar-refractivity contribution in [3.05, 3.63) is 51.6 Å². The van der Waals surface area contributed by atoms with Gasteiger partial charge in [-0.25, -0.2) is 4.68 Å². The first-order chi connectivity index (χ1) is 14.0. The van der Waals surface area contributed by atoms with Gasteiger partial charge in [0, 0.05) is 37.9 Å². The third kappa shape index (κ3) is 5.06. The van der Waals surface area contributed by atoms with Gasteiger partial charge in [0.25, 0.3) is 5.56 Å². The highest BCUT2D eigenvalue weighted by atomic mass is 16.5. The van der Waals surface area contributed by atoms with Crippen molar-refractivity contribution in [1.82, 2.24) is 30.1 Å². The Morgan fingerprint density at radius 1 is 1.34 bits per heavy atom. The molecule has 0 fully saturated rings. The molecular weight excluding hydrogens is 372 g/mol. The minimum absolute atomic E-state index is 0.0745. The Morgan fingerprint density at radius 2 is 2.17 bits per heavy atom. The van der Waals surface area contributed by atoms with Crippen molar-refractivity contribution in [1.29, 1.82) is 0 Å². The number of aliphatic hydroxyl groups excluding tert-OH is 1. The minimum atomic E-state index is -0.138. The third-order valence-corrected chi connectivity index (χ3v) is 5.04. The van der Waals surface area contributed by atoms with E-state index in [1.165, 1.54) is 0 Å². The van der Waals surface area contributed by atoms with Crippen LogP contribution in [0.3, 0.4) is 0 Å². The van der Waals surface area contributed by atoms with Gasteiger partial charge in [-0.2, -0.15) is 0 Å². The molecule has 0 aliphatic carbocycles. The first kappa shape index (κ1) is 21.1. The van der Waals surface area contributed by atoms with Crippen molar-refractivity contribution in [2.45, 2.75) is 39.4 Å². The summed E-state index contributed by atoms with van der Waals surface area (Å²) in [6, 6.07) is 7.76. The number of tetrazole rings is 1. The summed E-state index contributed by atoms with van der Waals surface area (Å²) in [5.74, 6) is 0.702. The van der Waals surface area contributed by atoms with Crippen molar-refractivity contribution >= 4 is 10.9 Å². The molecule has 2 heterocycles. The number of benzene rings is 1. The SMILES string of the molecule is COCCn1nnnc1[C@H](C)N(CCCO)Cc1cc2cc(C)ccc2[nH]c1=O. The zero-order chi connectivity index (χ0) is 20.8. The number of ether oxygens (including phenoxy) is 1. The topological polar surface area (TPSA) is 109 Å². The summed E-state index contributed by atoms with van der Waals surface area (Å²) >= 11 is 0. The highest BCUT2D eigenvalue weighted by molar-refractivity contribution is 5.79. The van der Waals surface area contributed by atoms with Crippen LogP contribution in [0, 0.1) is 6.92 Å². The number of hydrogen-bond acceptors (Lipinski definition) is 7. The number of aryl methyl sites for hydroxylation is 1. The van der Waals surface area contributed by atoms with Crippen LogP contribution in [0.15, 0.2) is 29.1 Å². The largest absolute Gasteiger partial charge is 0.396 e. The fourth-order valence-corrected chi connectivity index (χ4v) is 3.40. The zero-order valence-electron chi connectivity index (χ0n) is 17.1. The number of hydrogen-bond donors (Lipinski definition) is 2. The number of H-pyrrole nitrogens is 1. The van der Waals surface area contributed by atoms with E-state index in [4.69, 9.17) is 4.74 Å². The third-order valence-electron chi connectivity index (χ3n) is 5.04. The van der Waals surface area contributed by atoms with Gasteiger partial charge in [-0.3, -0.25) is 9.69 Å². The van der Waals surface area contributed by atoms with Gasteiger partial charge >= 0.3 is 0 Å². The molecular formula is C20H28N6O3. The van der Waals surface area contributed by atoms with Crippen LogP contribution >= 0.6 is 0 Å². The second-order valence-corrected chi connectivity index (χ2v) is 7.19. The maximum Gasteiger partial charge on any atom is 0.252 e. The molecule has 9 heteroatoms. The molecule has 29 heavy (non-hydrogen) atoms. The Bertz CT molecular complexity index is 999. The summed E-state index contributed by atoms with van der Waals surface area (Å²) in [6.07, 6.45) is 0.592. The molecule has 1 atom stereocenters. The molecule has 3 rings (SSSR count). The number of fused-ring (bicyclic) bond motifs is 1. The number of aliphatic hydroxyl groups is 1. The monoisotopic (exact) mass is 400 g/mol. The summed E-state index contributed by atoms with van der Waals surface area (Å²) in [5.41, 5.74) is 2.52. The van der Waals surface area contributed by atoms with E-state index >= 15 is 0 Å². The minimum Gasteiger partial charge on any atom is -0.396 e. The van der Waals surface area contributed by atoms with Crippen molar-refractivity contribution in [2.75, 3.05) is 26.9 Å². The number of nitrogens with zero attached hydrogens (tertiary/aromatic N) is 5. The predicted molar refractivity (Wildman–Crippen MR) is 110 cm³/mol. The maximum atomic E-state index is 12.7. The number of nitrogens with one attached hydrogen (secondary N) is 1. The lowest BCUT2D eigenvalue weighted by Gasteiger charge is -2.28. The number of aromatic amines is 1. The van der Waals surface area contributed by atoms with Crippen molar-refractivity contribution in [3.63, 3.8) is 0 Å². The van der Waals surface area contributed by atoms with E-state index in [-0.39, 0.29) is 18.2 Å². The first-order valence-electron chi connectivity index (χ1n) is 9.76. The molecule has 156 valence electrons. The normalized spacial score (nSPS) is 12.7. The Morgan fingerprint density at radius 3 is 2.93 bits per heavy atom. The lowest BCUT2D eigenvalue weighted by molar-refractivity contribution is 0.156.